The zero-order valence-corrected chi connectivity index (χ0v) is 11.7. The van der Waals surface area contributed by atoms with Crippen molar-refractivity contribution < 1.29 is 20.1 Å². The van der Waals surface area contributed by atoms with Gasteiger partial charge in [0.1, 0.15) is 18.3 Å². The lowest BCUT2D eigenvalue weighted by Crippen LogP contribution is -2.33. The third kappa shape index (κ3) is 2.09. The van der Waals surface area contributed by atoms with Crippen LogP contribution in [0.4, 0.5) is 0 Å². The Balaban J connectivity index is 2.05. The van der Waals surface area contributed by atoms with E-state index in [1.807, 2.05) is 0 Å². The Kier molecular flexibility index (Phi) is 3.62. The number of aromatic nitrogens is 2. The van der Waals surface area contributed by atoms with Crippen molar-refractivity contribution in [1.82, 2.24) is 9.55 Å². The van der Waals surface area contributed by atoms with Crippen LogP contribution in [0.1, 0.15) is 6.23 Å². The maximum Gasteiger partial charge on any atom is 0.164 e. The molecule has 1 aromatic heterocycles. The van der Waals surface area contributed by atoms with Crippen molar-refractivity contribution in [3.8, 4) is 0 Å². The van der Waals surface area contributed by atoms with Crippen molar-refractivity contribution >= 4 is 34.2 Å². The smallest absolute Gasteiger partial charge is 0.164 e. The first kappa shape index (κ1) is 14.1. The van der Waals surface area contributed by atoms with Crippen LogP contribution in [0.5, 0.6) is 0 Å². The van der Waals surface area contributed by atoms with Crippen molar-refractivity contribution in [1.29, 1.82) is 0 Å². The summed E-state index contributed by atoms with van der Waals surface area (Å²) in [5.74, 6) is 0. The van der Waals surface area contributed by atoms with Crippen LogP contribution in [0.2, 0.25) is 10.0 Å². The monoisotopic (exact) mass is 318 g/mol. The SMILES string of the molecule is OC[C@@H]1O[C@@H](n2cnc3cc(Cl)c(Cl)cc32)[C@H](O)[C@@H]1O. The van der Waals surface area contributed by atoms with Crippen molar-refractivity contribution in [3.05, 3.63) is 28.5 Å². The molecule has 1 fully saturated rings. The first-order valence-electron chi connectivity index (χ1n) is 5.97. The standard InChI is InChI=1S/C12H12Cl2N2O4/c13-5-1-7-8(2-6(5)14)16(4-15-7)12-11(19)10(18)9(3-17)20-12/h1-2,4,9-12,17-19H,3H2/t9-,10+,11+,12+/m0/s1. The molecule has 6 nitrogen and oxygen atoms in total. The van der Waals surface area contributed by atoms with Gasteiger partial charge in [0.05, 0.1) is 34.0 Å². The van der Waals surface area contributed by atoms with Gasteiger partial charge in [0.25, 0.3) is 0 Å². The lowest BCUT2D eigenvalue weighted by Gasteiger charge is -2.17. The highest BCUT2D eigenvalue weighted by Gasteiger charge is 2.43. The Morgan fingerprint density at radius 1 is 1.20 bits per heavy atom. The van der Waals surface area contributed by atoms with E-state index in [-0.39, 0.29) is 6.61 Å². The molecule has 2 heterocycles. The second-order valence-electron chi connectivity index (χ2n) is 4.64. The normalized spacial score (nSPS) is 30.2. The number of imidazole rings is 1. The highest BCUT2D eigenvalue weighted by atomic mass is 35.5. The number of nitrogens with zero attached hydrogens (tertiary/aromatic N) is 2. The molecule has 0 bridgehead atoms. The molecule has 2 aromatic rings. The Morgan fingerprint density at radius 3 is 2.55 bits per heavy atom. The highest BCUT2D eigenvalue weighted by molar-refractivity contribution is 6.42. The van der Waals surface area contributed by atoms with Crippen LogP contribution in [0, 0.1) is 0 Å². The molecule has 1 aromatic carbocycles. The molecule has 0 radical (unpaired) electrons. The number of benzene rings is 1. The minimum Gasteiger partial charge on any atom is -0.394 e. The third-order valence-corrected chi connectivity index (χ3v) is 4.13. The van der Waals surface area contributed by atoms with Gasteiger partial charge >= 0.3 is 0 Å². The molecule has 108 valence electrons. The van der Waals surface area contributed by atoms with Crippen LogP contribution in [0.25, 0.3) is 11.0 Å². The number of ether oxygens (including phenoxy) is 1. The van der Waals surface area contributed by atoms with Gasteiger partial charge in [-0.1, -0.05) is 23.2 Å². The van der Waals surface area contributed by atoms with E-state index in [4.69, 9.17) is 33.0 Å². The summed E-state index contributed by atoms with van der Waals surface area (Å²) in [5.41, 5.74) is 1.21. The average Bonchev–Trinajstić information content (AvgIpc) is 2.94. The predicted molar refractivity (Wildman–Crippen MR) is 72.8 cm³/mol. The van der Waals surface area contributed by atoms with E-state index in [2.05, 4.69) is 4.98 Å². The van der Waals surface area contributed by atoms with E-state index in [0.717, 1.165) is 0 Å². The summed E-state index contributed by atoms with van der Waals surface area (Å²) in [6.45, 7) is -0.381. The molecule has 0 saturated carbocycles. The number of hydrogen-bond donors (Lipinski definition) is 3. The number of fused-ring (bicyclic) bond motifs is 1. The van der Waals surface area contributed by atoms with E-state index in [1.54, 1.807) is 16.7 Å². The van der Waals surface area contributed by atoms with E-state index < -0.39 is 24.5 Å². The first-order valence-corrected chi connectivity index (χ1v) is 6.72. The summed E-state index contributed by atoms with van der Waals surface area (Å²) in [6.07, 6.45) is -2.54. The van der Waals surface area contributed by atoms with Crippen LogP contribution in [0.15, 0.2) is 18.5 Å². The molecule has 1 aliphatic rings. The molecule has 0 spiro atoms. The second kappa shape index (κ2) is 5.14. The summed E-state index contributed by atoms with van der Waals surface area (Å²) < 4.78 is 7.01. The number of rotatable bonds is 2. The Bertz CT molecular complexity index is 648. The van der Waals surface area contributed by atoms with Gasteiger partial charge in [-0.3, -0.25) is 0 Å². The lowest BCUT2D eigenvalue weighted by molar-refractivity contribution is -0.0508. The van der Waals surface area contributed by atoms with Gasteiger partial charge in [0.15, 0.2) is 6.23 Å². The van der Waals surface area contributed by atoms with E-state index >= 15 is 0 Å². The van der Waals surface area contributed by atoms with E-state index in [0.29, 0.717) is 21.1 Å². The fourth-order valence-corrected chi connectivity index (χ4v) is 2.65. The van der Waals surface area contributed by atoms with Crippen LogP contribution < -0.4 is 0 Å². The molecule has 3 N–H and O–H groups in total. The molecule has 0 amide bonds. The van der Waals surface area contributed by atoms with E-state index in [1.165, 1.54) is 6.33 Å². The molecule has 0 aliphatic carbocycles. The fourth-order valence-electron chi connectivity index (χ4n) is 2.34. The third-order valence-electron chi connectivity index (χ3n) is 3.41. The van der Waals surface area contributed by atoms with Crippen LogP contribution in [0.3, 0.4) is 0 Å². The highest BCUT2D eigenvalue weighted by Crippen LogP contribution is 2.34. The number of halogens is 2. The fraction of sp³-hybridized carbons (Fsp3) is 0.417. The Hall–Kier alpha value is -0.890. The molecule has 1 aliphatic heterocycles. The van der Waals surface area contributed by atoms with Crippen LogP contribution >= 0.6 is 23.2 Å². The molecule has 0 unspecified atom stereocenters. The van der Waals surface area contributed by atoms with Gasteiger partial charge in [-0.05, 0) is 12.1 Å². The lowest BCUT2D eigenvalue weighted by atomic mass is 10.1. The van der Waals surface area contributed by atoms with Crippen molar-refractivity contribution in [2.45, 2.75) is 24.5 Å². The largest absolute Gasteiger partial charge is 0.394 e. The quantitative estimate of drug-likeness (QED) is 0.767. The average molecular weight is 319 g/mol. The maximum absolute atomic E-state index is 10.0. The van der Waals surface area contributed by atoms with Gasteiger partial charge < -0.3 is 24.6 Å². The zero-order valence-electron chi connectivity index (χ0n) is 10.1. The van der Waals surface area contributed by atoms with E-state index in [9.17, 15) is 10.2 Å². The van der Waals surface area contributed by atoms with Crippen LogP contribution in [-0.4, -0.2) is 49.8 Å². The molecule has 1 saturated heterocycles. The van der Waals surface area contributed by atoms with Crippen molar-refractivity contribution in [3.63, 3.8) is 0 Å². The predicted octanol–water partition coefficient (Wildman–Crippen LogP) is 0.955. The molecule has 20 heavy (non-hydrogen) atoms. The number of aliphatic hydroxyl groups excluding tert-OH is 3. The Morgan fingerprint density at radius 2 is 1.90 bits per heavy atom. The second-order valence-corrected chi connectivity index (χ2v) is 5.45. The van der Waals surface area contributed by atoms with Gasteiger partial charge in [-0.15, -0.1) is 0 Å². The first-order chi connectivity index (χ1) is 9.52. The topological polar surface area (TPSA) is 87.7 Å². The molecular weight excluding hydrogens is 307 g/mol. The molecule has 8 heteroatoms. The summed E-state index contributed by atoms with van der Waals surface area (Å²) in [6, 6.07) is 3.22. The molecule has 3 rings (SSSR count). The van der Waals surface area contributed by atoms with Crippen molar-refractivity contribution in [2.24, 2.45) is 0 Å². The maximum atomic E-state index is 10.0. The molecule has 4 atom stereocenters. The minimum atomic E-state index is -1.17. The van der Waals surface area contributed by atoms with Gasteiger partial charge in [0, 0.05) is 0 Å². The number of aliphatic hydroxyl groups is 3. The number of hydrogen-bond acceptors (Lipinski definition) is 5. The summed E-state index contributed by atoms with van der Waals surface area (Å²) in [7, 11) is 0. The van der Waals surface area contributed by atoms with Gasteiger partial charge in [-0.2, -0.15) is 0 Å². The van der Waals surface area contributed by atoms with Crippen LogP contribution in [-0.2, 0) is 4.74 Å². The summed E-state index contributed by atoms with van der Waals surface area (Å²) >= 11 is 11.9. The molecular formula is C12H12Cl2N2O4. The summed E-state index contributed by atoms with van der Waals surface area (Å²) in [4.78, 5) is 4.16. The minimum absolute atomic E-state index is 0.354. The Labute approximate surface area is 124 Å². The van der Waals surface area contributed by atoms with Gasteiger partial charge in [-0.25, -0.2) is 4.98 Å². The van der Waals surface area contributed by atoms with Crippen molar-refractivity contribution in [2.75, 3.05) is 6.61 Å². The summed E-state index contributed by atoms with van der Waals surface area (Å²) in [5, 5.41) is 29.6. The van der Waals surface area contributed by atoms with Gasteiger partial charge in [0.2, 0.25) is 0 Å². The zero-order chi connectivity index (χ0) is 14.4.